The van der Waals surface area contributed by atoms with Crippen LogP contribution in [0.15, 0.2) is 6.07 Å². The number of nitrogens with zero attached hydrogens (tertiary/aromatic N) is 3. The number of morpholine rings is 1. The zero-order valence-electron chi connectivity index (χ0n) is 12.3. The summed E-state index contributed by atoms with van der Waals surface area (Å²) in [6.07, 6.45) is 1.70. The zero-order chi connectivity index (χ0) is 14.5. The van der Waals surface area contributed by atoms with Gasteiger partial charge in [0.2, 0.25) is 0 Å². The first-order valence-corrected chi connectivity index (χ1v) is 8.47. The Morgan fingerprint density at radius 3 is 3.05 bits per heavy atom. The average Bonchev–Trinajstić information content (AvgIpc) is 2.37. The van der Waals surface area contributed by atoms with Gasteiger partial charge in [-0.15, -0.1) is 0 Å². The molecule has 6 nitrogen and oxygen atoms in total. The van der Waals surface area contributed by atoms with Crippen LogP contribution in [-0.4, -0.2) is 64.4 Å². The molecule has 1 aliphatic rings. The molecule has 1 aromatic rings. The minimum absolute atomic E-state index is 0.00342. The molecule has 2 heterocycles. The van der Waals surface area contributed by atoms with Crippen molar-refractivity contribution >= 4 is 16.6 Å². The second-order valence-electron chi connectivity index (χ2n) is 5.05. The van der Waals surface area contributed by atoms with E-state index in [9.17, 15) is 4.21 Å². The molecule has 1 N–H and O–H groups in total. The van der Waals surface area contributed by atoms with Crippen LogP contribution in [-0.2, 0) is 15.5 Å². The Balaban J connectivity index is 2.05. The lowest BCUT2D eigenvalue weighted by molar-refractivity contribution is -0.0232. The predicted octanol–water partition coefficient (Wildman–Crippen LogP) is 0.579. The van der Waals surface area contributed by atoms with E-state index in [1.165, 1.54) is 0 Å². The van der Waals surface area contributed by atoms with Crippen molar-refractivity contribution in [3.8, 4) is 0 Å². The maximum Gasteiger partial charge on any atom is 0.130 e. The van der Waals surface area contributed by atoms with E-state index < -0.39 is 10.8 Å². The van der Waals surface area contributed by atoms with Gasteiger partial charge < -0.3 is 15.0 Å². The maximum absolute atomic E-state index is 11.1. The molecule has 0 radical (unpaired) electrons. The van der Waals surface area contributed by atoms with Gasteiger partial charge in [-0.05, 0) is 14.0 Å². The molecule has 1 aliphatic heterocycles. The molecule has 0 amide bonds. The van der Waals surface area contributed by atoms with E-state index in [1.807, 2.05) is 13.0 Å². The number of hydrogen-bond acceptors (Lipinski definition) is 6. The topological polar surface area (TPSA) is 67.4 Å². The lowest BCUT2D eigenvalue weighted by Crippen LogP contribution is -2.35. The summed E-state index contributed by atoms with van der Waals surface area (Å²) in [5.41, 5.74) is 0.907. The fourth-order valence-electron chi connectivity index (χ4n) is 2.13. The van der Waals surface area contributed by atoms with Crippen molar-refractivity contribution in [2.24, 2.45) is 0 Å². The number of rotatable bonds is 5. The van der Waals surface area contributed by atoms with E-state index in [0.717, 1.165) is 37.0 Å². The maximum atomic E-state index is 11.1. The Hall–Kier alpha value is -1.05. The van der Waals surface area contributed by atoms with E-state index in [-0.39, 0.29) is 6.10 Å². The van der Waals surface area contributed by atoms with Gasteiger partial charge in [0.05, 0.1) is 12.3 Å². The van der Waals surface area contributed by atoms with Crippen LogP contribution in [0.2, 0.25) is 0 Å². The Morgan fingerprint density at radius 1 is 1.55 bits per heavy atom. The minimum atomic E-state index is -0.796. The summed E-state index contributed by atoms with van der Waals surface area (Å²) in [6.45, 7) is 5.04. The lowest BCUT2D eigenvalue weighted by atomic mass is 10.2. The van der Waals surface area contributed by atoms with E-state index in [2.05, 4.69) is 27.2 Å². The molecule has 0 bridgehead atoms. The molecule has 7 heteroatoms. The van der Waals surface area contributed by atoms with Crippen molar-refractivity contribution in [2.45, 2.75) is 13.0 Å². The Morgan fingerprint density at radius 2 is 2.35 bits per heavy atom. The molecule has 2 atom stereocenters. The number of aryl methyl sites for hydroxylation is 1. The first-order valence-electron chi connectivity index (χ1n) is 6.74. The van der Waals surface area contributed by atoms with Crippen LogP contribution >= 0.6 is 0 Å². The molecule has 0 spiro atoms. The van der Waals surface area contributed by atoms with Gasteiger partial charge in [-0.1, -0.05) is 0 Å². The second kappa shape index (κ2) is 7.10. The van der Waals surface area contributed by atoms with E-state index in [4.69, 9.17) is 4.74 Å². The second-order valence-corrected chi connectivity index (χ2v) is 6.61. The first kappa shape index (κ1) is 15.3. The van der Waals surface area contributed by atoms with Crippen molar-refractivity contribution < 1.29 is 8.95 Å². The van der Waals surface area contributed by atoms with Crippen molar-refractivity contribution in [3.63, 3.8) is 0 Å². The summed E-state index contributed by atoms with van der Waals surface area (Å²) in [5, 5.41) is 3.19. The third-order valence-corrected chi connectivity index (χ3v) is 3.93. The number of aromatic nitrogens is 2. The van der Waals surface area contributed by atoms with Gasteiger partial charge in [-0.25, -0.2) is 9.97 Å². The van der Waals surface area contributed by atoms with Gasteiger partial charge in [-0.2, -0.15) is 0 Å². The number of likely N-dealkylation sites (N-methyl/N-ethyl adjacent to an activating group) is 1. The monoisotopic (exact) mass is 298 g/mol. The molecular formula is C13H22N4O2S. The van der Waals surface area contributed by atoms with Crippen LogP contribution in [0, 0.1) is 6.92 Å². The highest BCUT2D eigenvalue weighted by atomic mass is 32.2. The van der Waals surface area contributed by atoms with E-state index >= 15 is 0 Å². The van der Waals surface area contributed by atoms with Crippen molar-refractivity contribution in [1.82, 2.24) is 14.9 Å². The Labute approximate surface area is 122 Å². The summed E-state index contributed by atoms with van der Waals surface area (Å²) in [4.78, 5) is 11.1. The smallest absolute Gasteiger partial charge is 0.130 e. The van der Waals surface area contributed by atoms with Crippen LogP contribution in [0.5, 0.6) is 0 Å². The van der Waals surface area contributed by atoms with Crippen LogP contribution in [0.1, 0.15) is 17.6 Å². The highest BCUT2D eigenvalue weighted by Gasteiger charge is 2.21. The molecule has 112 valence electrons. The molecule has 2 rings (SSSR count). The molecule has 0 aromatic carbocycles. The van der Waals surface area contributed by atoms with Crippen LogP contribution in [0.3, 0.4) is 0 Å². The molecule has 0 unspecified atom stereocenters. The number of ether oxygens (including phenoxy) is 1. The third kappa shape index (κ3) is 4.50. The summed E-state index contributed by atoms with van der Waals surface area (Å²) in [7, 11) is 1.29. The van der Waals surface area contributed by atoms with Gasteiger partial charge in [0, 0.05) is 48.5 Å². The number of anilines is 1. The highest BCUT2D eigenvalue weighted by molar-refractivity contribution is 7.84. The molecule has 1 fully saturated rings. The normalized spacial score (nSPS) is 21.6. The van der Waals surface area contributed by atoms with Crippen LogP contribution in [0.25, 0.3) is 0 Å². The molecule has 0 aliphatic carbocycles. The molecule has 0 saturated carbocycles. The van der Waals surface area contributed by atoms with E-state index in [0.29, 0.717) is 12.3 Å². The largest absolute Gasteiger partial charge is 0.369 e. The molecular weight excluding hydrogens is 276 g/mol. The number of hydrogen-bond donors (Lipinski definition) is 1. The van der Waals surface area contributed by atoms with Crippen molar-refractivity contribution in [1.29, 1.82) is 0 Å². The predicted molar refractivity (Wildman–Crippen MR) is 80.4 cm³/mol. The average molecular weight is 298 g/mol. The third-order valence-electron chi connectivity index (χ3n) is 3.15. The Kier molecular flexibility index (Phi) is 5.45. The van der Waals surface area contributed by atoms with Gasteiger partial charge in [0.15, 0.2) is 0 Å². The van der Waals surface area contributed by atoms with Crippen molar-refractivity contribution in [3.05, 3.63) is 17.6 Å². The van der Waals surface area contributed by atoms with Gasteiger partial charge in [0.25, 0.3) is 0 Å². The number of nitrogens with one attached hydrogen (secondary N) is 1. The molecule has 20 heavy (non-hydrogen) atoms. The molecule has 1 aromatic heterocycles. The van der Waals surface area contributed by atoms with E-state index in [1.54, 1.807) is 6.26 Å². The minimum Gasteiger partial charge on any atom is -0.369 e. The summed E-state index contributed by atoms with van der Waals surface area (Å²) >= 11 is 0. The summed E-state index contributed by atoms with van der Waals surface area (Å²) in [5.74, 6) is 2.11. The first-order chi connectivity index (χ1) is 9.54. The SMILES string of the molecule is Cc1nc(NCC[S@@](C)=O)cc([C@@H]2CN(C)CCO2)n1. The van der Waals surface area contributed by atoms with Gasteiger partial charge >= 0.3 is 0 Å². The lowest BCUT2D eigenvalue weighted by Gasteiger charge is -2.29. The van der Waals surface area contributed by atoms with Crippen molar-refractivity contribution in [2.75, 3.05) is 50.6 Å². The standard InChI is InChI=1S/C13H22N4O2S/c1-10-15-11(12-9-17(2)5-6-19-12)8-13(16-10)14-4-7-20(3)18/h8,12H,4-7,9H2,1-3H3,(H,14,15,16)/t12-,20+/m0/s1. The van der Waals surface area contributed by atoms with Crippen LogP contribution < -0.4 is 5.32 Å². The van der Waals surface area contributed by atoms with Crippen LogP contribution in [0.4, 0.5) is 5.82 Å². The molecule has 1 saturated heterocycles. The Bertz CT molecular complexity index is 483. The highest BCUT2D eigenvalue weighted by Crippen LogP contribution is 2.21. The fourth-order valence-corrected chi connectivity index (χ4v) is 2.52. The van der Waals surface area contributed by atoms with Gasteiger partial charge in [-0.3, -0.25) is 4.21 Å². The zero-order valence-corrected chi connectivity index (χ0v) is 13.1. The summed E-state index contributed by atoms with van der Waals surface area (Å²) < 4.78 is 16.8. The quantitative estimate of drug-likeness (QED) is 0.857. The summed E-state index contributed by atoms with van der Waals surface area (Å²) in [6, 6.07) is 1.93. The fraction of sp³-hybridized carbons (Fsp3) is 0.692. The van der Waals surface area contributed by atoms with Gasteiger partial charge in [0.1, 0.15) is 17.7 Å².